The van der Waals surface area contributed by atoms with Crippen molar-refractivity contribution in [2.24, 2.45) is 0 Å². The number of hydrogen-bond acceptors (Lipinski definition) is 4. The third kappa shape index (κ3) is 6.25. The minimum atomic E-state index is -4.64. The summed E-state index contributed by atoms with van der Waals surface area (Å²) in [5.41, 5.74) is 1.94. The highest BCUT2D eigenvalue weighted by Gasteiger charge is 2.55. The third-order valence-corrected chi connectivity index (χ3v) is 6.97. The topological polar surface area (TPSA) is 49.8 Å². The first-order valence-corrected chi connectivity index (χ1v) is 12.0. The van der Waals surface area contributed by atoms with Gasteiger partial charge in [-0.15, -0.1) is 21.0 Å². The van der Waals surface area contributed by atoms with Crippen molar-refractivity contribution in [2.45, 2.75) is 55.7 Å². The van der Waals surface area contributed by atoms with Crippen molar-refractivity contribution >= 4 is 37.9 Å². The normalized spacial score (nSPS) is 20.1. The number of benzene rings is 2. The predicted molar refractivity (Wildman–Crippen MR) is 125 cm³/mol. The highest BCUT2D eigenvalue weighted by Crippen LogP contribution is 2.43. The molecule has 0 radical (unpaired) electrons. The summed E-state index contributed by atoms with van der Waals surface area (Å²) in [7, 11) is 2.58. The Balaban J connectivity index is 1.74. The largest absolute Gasteiger partial charge is 0.409 e. The number of unbranched alkanes of at least 4 members (excludes halogenated alkanes) is 1. The van der Waals surface area contributed by atoms with Gasteiger partial charge in [0.15, 0.2) is 5.25 Å². The molecule has 1 amide bonds. The van der Waals surface area contributed by atoms with Gasteiger partial charge in [0.05, 0.1) is 19.3 Å². The number of hydrogen-bond donors (Lipinski definition) is 1. The SMILES string of the molecule is CCCCC(O)c1ccc(N2C(=O)C(C(F)(F)F)SC2COCc2cccc(P)c2)cc1. The van der Waals surface area contributed by atoms with Crippen LogP contribution in [0.4, 0.5) is 18.9 Å². The predicted octanol–water partition coefficient (Wildman–Crippen LogP) is 4.96. The second-order valence-corrected chi connectivity index (χ2v) is 9.68. The standard InChI is InChI=1S/C23H27F3NO3PS/c1-2-3-7-19(28)16-8-10-17(11-9-16)27-20(32-21(22(27)29)23(24,25)26)14-30-13-15-5-4-6-18(31)12-15/h4-6,8-12,19-21,28H,2-3,7,13-14,31H2,1H3. The van der Waals surface area contributed by atoms with Gasteiger partial charge in [0.2, 0.25) is 0 Å². The van der Waals surface area contributed by atoms with Gasteiger partial charge in [-0.3, -0.25) is 9.69 Å². The van der Waals surface area contributed by atoms with Crippen LogP contribution in [-0.2, 0) is 16.1 Å². The molecule has 4 atom stereocenters. The molecule has 2 aromatic carbocycles. The van der Waals surface area contributed by atoms with Gasteiger partial charge in [-0.2, -0.15) is 13.2 Å². The molecule has 0 bridgehead atoms. The van der Waals surface area contributed by atoms with Gasteiger partial charge >= 0.3 is 6.18 Å². The first-order valence-electron chi connectivity index (χ1n) is 10.5. The molecular formula is C23H27F3NO3PS. The van der Waals surface area contributed by atoms with Gasteiger partial charge in [0, 0.05) is 5.69 Å². The quantitative estimate of drug-likeness (QED) is 0.510. The summed E-state index contributed by atoms with van der Waals surface area (Å²) in [6.45, 7) is 2.23. The van der Waals surface area contributed by atoms with Crippen LogP contribution in [0.5, 0.6) is 0 Å². The van der Waals surface area contributed by atoms with Crippen molar-refractivity contribution in [3.05, 3.63) is 59.7 Å². The van der Waals surface area contributed by atoms with Gasteiger partial charge in [0.25, 0.3) is 5.91 Å². The van der Waals surface area contributed by atoms with E-state index in [9.17, 15) is 23.1 Å². The van der Waals surface area contributed by atoms with Crippen LogP contribution in [-0.4, -0.2) is 34.4 Å². The van der Waals surface area contributed by atoms with Crippen LogP contribution in [0.15, 0.2) is 48.5 Å². The maximum atomic E-state index is 13.4. The molecule has 9 heteroatoms. The Morgan fingerprint density at radius 3 is 2.56 bits per heavy atom. The van der Waals surface area contributed by atoms with E-state index in [2.05, 4.69) is 9.24 Å². The van der Waals surface area contributed by atoms with E-state index < -0.39 is 28.8 Å². The zero-order valence-electron chi connectivity index (χ0n) is 17.7. The van der Waals surface area contributed by atoms with E-state index in [1.165, 1.54) is 0 Å². The highest BCUT2D eigenvalue weighted by molar-refractivity contribution is 8.02. The van der Waals surface area contributed by atoms with Crippen molar-refractivity contribution in [3.8, 4) is 0 Å². The fourth-order valence-corrected chi connectivity index (χ4v) is 5.10. The van der Waals surface area contributed by atoms with Gasteiger partial charge in [0.1, 0.15) is 5.37 Å². The number of halogens is 3. The van der Waals surface area contributed by atoms with Crippen LogP contribution in [0.1, 0.15) is 43.4 Å². The molecule has 174 valence electrons. The Kier molecular flexibility index (Phi) is 8.62. The molecule has 1 saturated heterocycles. The van der Waals surface area contributed by atoms with Gasteiger partial charge in [-0.1, -0.05) is 50.1 Å². The van der Waals surface area contributed by atoms with E-state index in [0.717, 1.165) is 28.6 Å². The number of nitrogens with zero attached hydrogens (tertiary/aromatic N) is 1. The molecule has 1 heterocycles. The van der Waals surface area contributed by atoms with E-state index in [1.807, 2.05) is 31.2 Å². The number of aliphatic hydroxyl groups is 1. The Morgan fingerprint density at radius 2 is 1.94 bits per heavy atom. The fourth-order valence-electron chi connectivity index (χ4n) is 3.55. The summed E-state index contributed by atoms with van der Waals surface area (Å²) < 4.78 is 46.0. The van der Waals surface area contributed by atoms with Crippen LogP contribution in [0.3, 0.4) is 0 Å². The average Bonchev–Trinajstić information content (AvgIpc) is 3.08. The zero-order valence-corrected chi connectivity index (χ0v) is 19.7. The number of aliphatic hydroxyl groups excluding tert-OH is 1. The van der Waals surface area contributed by atoms with Crippen molar-refractivity contribution in [1.29, 1.82) is 0 Å². The van der Waals surface area contributed by atoms with Crippen molar-refractivity contribution < 1.29 is 27.8 Å². The number of ether oxygens (including phenoxy) is 1. The summed E-state index contributed by atoms with van der Waals surface area (Å²) in [6.07, 6.45) is -2.84. The smallest absolute Gasteiger partial charge is 0.388 e. The summed E-state index contributed by atoms with van der Waals surface area (Å²) in [4.78, 5) is 13.8. The number of carbonyl (C=O) groups is 1. The summed E-state index contributed by atoms with van der Waals surface area (Å²) >= 11 is 0.561. The molecule has 4 nitrogen and oxygen atoms in total. The first kappa shape index (κ1) is 25.0. The Labute approximate surface area is 192 Å². The van der Waals surface area contributed by atoms with Crippen molar-refractivity contribution in [3.63, 3.8) is 0 Å². The van der Waals surface area contributed by atoms with Crippen LogP contribution in [0, 0.1) is 0 Å². The maximum Gasteiger partial charge on any atom is 0.409 e. The molecule has 0 spiro atoms. The zero-order chi connectivity index (χ0) is 23.3. The van der Waals surface area contributed by atoms with Gasteiger partial charge < -0.3 is 9.84 Å². The molecule has 1 aliphatic heterocycles. The Hall–Kier alpha value is -1.60. The number of alkyl halides is 3. The number of thioether (sulfide) groups is 1. The Morgan fingerprint density at radius 1 is 1.22 bits per heavy atom. The monoisotopic (exact) mass is 485 g/mol. The molecule has 3 rings (SSSR count). The lowest BCUT2D eigenvalue weighted by Crippen LogP contribution is -2.40. The molecule has 2 aromatic rings. The van der Waals surface area contributed by atoms with Gasteiger partial charge in [-0.05, 0) is 41.1 Å². The van der Waals surface area contributed by atoms with Crippen LogP contribution < -0.4 is 10.2 Å². The summed E-state index contributed by atoms with van der Waals surface area (Å²) in [6, 6.07) is 14.1. The maximum absolute atomic E-state index is 13.4. The molecule has 0 saturated carbocycles. The molecule has 4 unspecified atom stereocenters. The van der Waals surface area contributed by atoms with Crippen molar-refractivity contribution in [1.82, 2.24) is 0 Å². The van der Waals surface area contributed by atoms with Crippen LogP contribution >= 0.6 is 21.0 Å². The molecular weight excluding hydrogens is 458 g/mol. The minimum absolute atomic E-state index is 0.0368. The minimum Gasteiger partial charge on any atom is -0.388 e. The summed E-state index contributed by atoms with van der Waals surface area (Å²) in [5.74, 6) is -0.998. The van der Waals surface area contributed by atoms with Crippen LogP contribution in [0.25, 0.3) is 0 Å². The lowest BCUT2D eigenvalue weighted by Gasteiger charge is -2.24. The molecule has 0 aromatic heterocycles. The highest BCUT2D eigenvalue weighted by atomic mass is 32.2. The number of anilines is 1. The lowest BCUT2D eigenvalue weighted by molar-refractivity contribution is -0.147. The van der Waals surface area contributed by atoms with E-state index >= 15 is 0 Å². The van der Waals surface area contributed by atoms with E-state index in [0.29, 0.717) is 29.4 Å². The second-order valence-electron chi connectivity index (χ2n) is 7.73. The average molecular weight is 486 g/mol. The van der Waals surface area contributed by atoms with Gasteiger partial charge in [-0.25, -0.2) is 0 Å². The fraction of sp³-hybridized carbons (Fsp3) is 0.435. The molecule has 1 aliphatic rings. The number of carbonyl (C=O) groups excluding carboxylic acids is 1. The third-order valence-electron chi connectivity index (χ3n) is 5.21. The number of amides is 1. The lowest BCUT2D eigenvalue weighted by atomic mass is 10.0. The molecule has 1 N–H and O–H groups in total. The van der Waals surface area contributed by atoms with Crippen molar-refractivity contribution in [2.75, 3.05) is 11.5 Å². The summed E-state index contributed by atoms with van der Waals surface area (Å²) in [5, 5.41) is 8.31. The molecule has 1 fully saturated rings. The first-order chi connectivity index (χ1) is 15.2. The Bertz CT molecular complexity index is 910. The van der Waals surface area contributed by atoms with E-state index in [4.69, 9.17) is 4.74 Å². The molecule has 32 heavy (non-hydrogen) atoms. The second kappa shape index (κ2) is 11.0. The van der Waals surface area contributed by atoms with E-state index in [1.54, 1.807) is 24.3 Å². The number of rotatable bonds is 9. The molecule has 0 aliphatic carbocycles. The van der Waals surface area contributed by atoms with E-state index in [-0.39, 0.29) is 13.2 Å². The van der Waals surface area contributed by atoms with Crippen LogP contribution in [0.2, 0.25) is 0 Å².